The van der Waals surface area contributed by atoms with Crippen molar-refractivity contribution in [1.82, 2.24) is 0 Å². The molecule has 0 aromatic heterocycles. The van der Waals surface area contributed by atoms with Crippen LogP contribution in [0.5, 0.6) is 0 Å². The van der Waals surface area contributed by atoms with Crippen molar-refractivity contribution in [2.75, 3.05) is 18.0 Å². The first-order chi connectivity index (χ1) is 8.31. The topological polar surface area (TPSA) is 29.3 Å². The van der Waals surface area contributed by atoms with Crippen molar-refractivity contribution in [2.45, 2.75) is 45.1 Å². The Hall–Kier alpha value is -1.02. The molecule has 2 nitrogen and oxygen atoms in total. The van der Waals surface area contributed by atoms with Crippen LogP contribution in [0.25, 0.3) is 0 Å². The Labute approximate surface area is 105 Å². The molecule has 94 valence electrons. The Morgan fingerprint density at radius 2 is 1.82 bits per heavy atom. The molecule has 0 radical (unpaired) electrons. The number of hydrogen-bond acceptors (Lipinski definition) is 2. The SMILES string of the molecule is CCCC[C@@H](N)c1ccc(N2CCCC2)cc1. The van der Waals surface area contributed by atoms with Gasteiger partial charge in [-0.1, -0.05) is 31.9 Å². The average Bonchev–Trinajstić information content (AvgIpc) is 2.90. The maximum Gasteiger partial charge on any atom is 0.0366 e. The van der Waals surface area contributed by atoms with Crippen LogP contribution in [-0.4, -0.2) is 13.1 Å². The number of hydrogen-bond donors (Lipinski definition) is 1. The van der Waals surface area contributed by atoms with Gasteiger partial charge in [-0.05, 0) is 37.0 Å². The third-order valence-corrected chi connectivity index (χ3v) is 3.66. The number of rotatable bonds is 5. The first-order valence-electron chi connectivity index (χ1n) is 6.91. The Kier molecular flexibility index (Phi) is 4.43. The molecule has 1 saturated heterocycles. The van der Waals surface area contributed by atoms with E-state index in [0.29, 0.717) is 0 Å². The van der Waals surface area contributed by atoms with Crippen LogP contribution in [0.15, 0.2) is 24.3 Å². The van der Waals surface area contributed by atoms with Gasteiger partial charge in [-0.25, -0.2) is 0 Å². The van der Waals surface area contributed by atoms with Crippen LogP contribution in [0, 0.1) is 0 Å². The highest BCUT2D eigenvalue weighted by molar-refractivity contribution is 5.48. The molecule has 0 spiro atoms. The van der Waals surface area contributed by atoms with Crippen molar-refractivity contribution >= 4 is 5.69 Å². The van der Waals surface area contributed by atoms with Crippen molar-refractivity contribution < 1.29 is 0 Å². The molecule has 1 aliphatic rings. The van der Waals surface area contributed by atoms with Crippen molar-refractivity contribution in [1.29, 1.82) is 0 Å². The molecule has 1 aromatic rings. The van der Waals surface area contributed by atoms with Gasteiger partial charge in [0, 0.05) is 24.8 Å². The van der Waals surface area contributed by atoms with Gasteiger partial charge >= 0.3 is 0 Å². The second-order valence-corrected chi connectivity index (χ2v) is 5.03. The summed E-state index contributed by atoms with van der Waals surface area (Å²) >= 11 is 0. The van der Waals surface area contributed by atoms with Gasteiger partial charge in [0.2, 0.25) is 0 Å². The Bertz CT molecular complexity index is 325. The van der Waals surface area contributed by atoms with Crippen molar-refractivity contribution in [3.05, 3.63) is 29.8 Å². The van der Waals surface area contributed by atoms with E-state index in [1.54, 1.807) is 0 Å². The molecule has 1 aromatic carbocycles. The third-order valence-electron chi connectivity index (χ3n) is 3.66. The fourth-order valence-corrected chi connectivity index (χ4v) is 2.50. The third kappa shape index (κ3) is 3.22. The molecule has 1 fully saturated rings. The van der Waals surface area contributed by atoms with Gasteiger partial charge in [-0.2, -0.15) is 0 Å². The number of nitrogens with two attached hydrogens (primary N) is 1. The number of nitrogens with zero attached hydrogens (tertiary/aromatic N) is 1. The van der Waals surface area contributed by atoms with Crippen LogP contribution in [0.4, 0.5) is 5.69 Å². The fraction of sp³-hybridized carbons (Fsp3) is 0.600. The molecular formula is C15H24N2. The first kappa shape index (κ1) is 12.4. The summed E-state index contributed by atoms with van der Waals surface area (Å²) in [6, 6.07) is 9.07. The van der Waals surface area contributed by atoms with Crippen LogP contribution in [0.3, 0.4) is 0 Å². The lowest BCUT2D eigenvalue weighted by Gasteiger charge is -2.19. The quantitative estimate of drug-likeness (QED) is 0.842. The zero-order valence-corrected chi connectivity index (χ0v) is 10.9. The standard InChI is InChI=1S/C15H24N2/c1-2-3-6-15(16)13-7-9-14(10-8-13)17-11-4-5-12-17/h7-10,15H,2-6,11-12,16H2,1H3/t15-/m1/s1. The van der Waals surface area contributed by atoms with E-state index in [1.807, 2.05) is 0 Å². The van der Waals surface area contributed by atoms with Gasteiger partial charge in [0.1, 0.15) is 0 Å². The number of unbranched alkanes of at least 4 members (excludes halogenated alkanes) is 1. The lowest BCUT2D eigenvalue weighted by atomic mass is 10.0. The minimum absolute atomic E-state index is 0.211. The van der Waals surface area contributed by atoms with E-state index in [9.17, 15) is 0 Å². The summed E-state index contributed by atoms with van der Waals surface area (Å²) < 4.78 is 0. The van der Waals surface area contributed by atoms with Crippen LogP contribution in [-0.2, 0) is 0 Å². The molecule has 0 aliphatic carbocycles. The highest BCUT2D eigenvalue weighted by atomic mass is 15.1. The molecule has 2 N–H and O–H groups in total. The van der Waals surface area contributed by atoms with E-state index in [-0.39, 0.29) is 6.04 Å². The zero-order chi connectivity index (χ0) is 12.1. The maximum atomic E-state index is 6.17. The second kappa shape index (κ2) is 6.06. The van der Waals surface area contributed by atoms with Gasteiger partial charge in [-0.15, -0.1) is 0 Å². The number of anilines is 1. The van der Waals surface area contributed by atoms with Crippen molar-refractivity contribution in [3.8, 4) is 0 Å². The zero-order valence-electron chi connectivity index (χ0n) is 10.9. The summed E-state index contributed by atoms with van der Waals surface area (Å²) in [5.41, 5.74) is 8.81. The predicted octanol–water partition coefficient (Wildman–Crippen LogP) is 3.48. The molecule has 1 heterocycles. The van der Waals surface area contributed by atoms with Crippen LogP contribution in [0.1, 0.15) is 50.6 Å². The molecule has 1 atom stereocenters. The molecular weight excluding hydrogens is 208 g/mol. The maximum absolute atomic E-state index is 6.17. The predicted molar refractivity (Wildman–Crippen MR) is 74.3 cm³/mol. The summed E-state index contributed by atoms with van der Waals surface area (Å²) in [7, 11) is 0. The summed E-state index contributed by atoms with van der Waals surface area (Å²) in [5.74, 6) is 0. The van der Waals surface area contributed by atoms with Gasteiger partial charge in [0.25, 0.3) is 0 Å². The summed E-state index contributed by atoms with van der Waals surface area (Å²) in [5, 5.41) is 0. The smallest absolute Gasteiger partial charge is 0.0366 e. The Morgan fingerprint density at radius 1 is 1.18 bits per heavy atom. The van der Waals surface area contributed by atoms with E-state index in [2.05, 4.69) is 36.1 Å². The van der Waals surface area contributed by atoms with Gasteiger partial charge in [0.15, 0.2) is 0 Å². The summed E-state index contributed by atoms with van der Waals surface area (Å²) in [6.45, 7) is 4.63. The van der Waals surface area contributed by atoms with Crippen LogP contribution < -0.4 is 10.6 Å². The van der Waals surface area contributed by atoms with Crippen LogP contribution in [0.2, 0.25) is 0 Å². The lowest BCUT2D eigenvalue weighted by molar-refractivity contribution is 0.603. The molecule has 0 bridgehead atoms. The normalized spacial score (nSPS) is 17.4. The minimum Gasteiger partial charge on any atom is -0.372 e. The molecule has 0 unspecified atom stereocenters. The molecule has 17 heavy (non-hydrogen) atoms. The molecule has 0 saturated carbocycles. The van der Waals surface area contributed by atoms with E-state index in [1.165, 1.54) is 50.0 Å². The van der Waals surface area contributed by atoms with E-state index in [0.717, 1.165) is 6.42 Å². The highest BCUT2D eigenvalue weighted by Gasteiger charge is 2.12. The highest BCUT2D eigenvalue weighted by Crippen LogP contribution is 2.23. The summed E-state index contributed by atoms with van der Waals surface area (Å²) in [4.78, 5) is 2.46. The van der Waals surface area contributed by atoms with Crippen LogP contribution >= 0.6 is 0 Å². The van der Waals surface area contributed by atoms with E-state index in [4.69, 9.17) is 5.73 Å². The van der Waals surface area contributed by atoms with Crippen molar-refractivity contribution in [2.24, 2.45) is 5.73 Å². The van der Waals surface area contributed by atoms with Gasteiger partial charge in [0.05, 0.1) is 0 Å². The lowest BCUT2D eigenvalue weighted by Crippen LogP contribution is -2.17. The van der Waals surface area contributed by atoms with E-state index < -0.39 is 0 Å². The molecule has 2 rings (SSSR count). The Morgan fingerprint density at radius 3 is 2.41 bits per heavy atom. The van der Waals surface area contributed by atoms with Gasteiger partial charge < -0.3 is 10.6 Å². The Balaban J connectivity index is 1.96. The largest absolute Gasteiger partial charge is 0.372 e. The molecule has 1 aliphatic heterocycles. The van der Waals surface area contributed by atoms with Gasteiger partial charge in [-0.3, -0.25) is 0 Å². The average molecular weight is 232 g/mol. The summed E-state index contributed by atoms with van der Waals surface area (Å²) in [6.07, 6.45) is 6.20. The second-order valence-electron chi connectivity index (χ2n) is 5.03. The fourth-order valence-electron chi connectivity index (χ4n) is 2.50. The monoisotopic (exact) mass is 232 g/mol. The number of benzene rings is 1. The minimum atomic E-state index is 0.211. The van der Waals surface area contributed by atoms with E-state index >= 15 is 0 Å². The molecule has 0 amide bonds. The molecule has 2 heteroatoms. The van der Waals surface area contributed by atoms with Crippen molar-refractivity contribution in [3.63, 3.8) is 0 Å². The first-order valence-corrected chi connectivity index (χ1v) is 6.91.